The predicted octanol–water partition coefficient (Wildman–Crippen LogP) is 5.44. The predicted molar refractivity (Wildman–Crippen MR) is 102 cm³/mol. The Morgan fingerprint density at radius 2 is 1.48 bits per heavy atom. The average Bonchev–Trinajstić information content (AvgIpc) is 2.55. The van der Waals surface area contributed by atoms with E-state index in [0.29, 0.717) is 31.5 Å². The van der Waals surface area contributed by atoms with Crippen LogP contribution in [0.1, 0.15) is 71.1 Å². The van der Waals surface area contributed by atoms with Crippen molar-refractivity contribution >= 4 is 29.3 Å². The summed E-state index contributed by atoms with van der Waals surface area (Å²) < 4.78 is 10.2. The summed E-state index contributed by atoms with van der Waals surface area (Å²) in [6.07, 6.45) is 13.5. The molecule has 0 spiro atoms. The number of thioether (sulfide) groups is 1. The Kier molecular flexibility index (Phi) is 20.2. The number of hydrogen-bond acceptors (Lipinski definition) is 4. The van der Waals surface area contributed by atoms with Gasteiger partial charge < -0.3 is 9.47 Å². The number of hydrogen-bond donors (Lipinski definition) is 0. The summed E-state index contributed by atoms with van der Waals surface area (Å²) in [6, 6.07) is 0. The Balaban J connectivity index is 3.10. The van der Waals surface area contributed by atoms with Crippen LogP contribution in [0.2, 0.25) is 0 Å². The van der Waals surface area contributed by atoms with E-state index in [-0.39, 0.29) is 5.97 Å². The van der Waals surface area contributed by atoms with Gasteiger partial charge in [-0.2, -0.15) is 11.8 Å². The molecule has 0 atom stereocenters. The third-order valence-electron chi connectivity index (χ3n) is 3.57. The van der Waals surface area contributed by atoms with Gasteiger partial charge in [0.1, 0.15) is 6.61 Å². The first-order valence-corrected chi connectivity index (χ1v) is 10.9. The minimum absolute atomic E-state index is 0.142. The molecule has 0 aliphatic carbocycles. The van der Waals surface area contributed by atoms with E-state index in [1.54, 1.807) is 11.8 Å². The van der Waals surface area contributed by atoms with E-state index < -0.39 is 0 Å². The van der Waals surface area contributed by atoms with Gasteiger partial charge in [0, 0.05) is 5.88 Å². The summed E-state index contributed by atoms with van der Waals surface area (Å²) in [4.78, 5) is 11.4. The Bertz CT molecular complexity index is 252. The fourth-order valence-corrected chi connectivity index (χ4v) is 3.17. The number of halogens is 1. The van der Waals surface area contributed by atoms with Crippen LogP contribution < -0.4 is 0 Å². The van der Waals surface area contributed by atoms with Crippen LogP contribution in [0.25, 0.3) is 0 Å². The van der Waals surface area contributed by atoms with Gasteiger partial charge in [0.15, 0.2) is 0 Å². The Labute approximate surface area is 152 Å². The summed E-state index contributed by atoms with van der Waals surface area (Å²) >= 11 is 7.14. The third-order valence-corrected chi connectivity index (χ3v) is 4.75. The first-order valence-electron chi connectivity index (χ1n) is 9.18. The smallest absolute Gasteiger partial charge is 0.315 e. The first kappa shape index (κ1) is 23.1. The van der Waals surface area contributed by atoms with Gasteiger partial charge in [-0.3, -0.25) is 4.79 Å². The molecule has 138 valence electrons. The van der Waals surface area contributed by atoms with Gasteiger partial charge in [-0.1, -0.05) is 64.7 Å². The molecule has 0 N–H and O–H groups in total. The van der Waals surface area contributed by atoms with Gasteiger partial charge in [-0.05, 0) is 12.2 Å². The standard InChI is InChI=1S/C18H35ClO3S/c1-2-3-4-5-6-7-8-9-10-11-16-23-17-18(20)22-15-14-21-13-12-19/h2-17H2,1H3. The second kappa shape index (κ2) is 20.1. The molecule has 0 heterocycles. The maximum Gasteiger partial charge on any atom is 0.315 e. The molecule has 23 heavy (non-hydrogen) atoms. The fourth-order valence-electron chi connectivity index (χ4n) is 2.26. The monoisotopic (exact) mass is 366 g/mol. The second-order valence-electron chi connectivity index (χ2n) is 5.76. The molecular weight excluding hydrogens is 332 g/mol. The zero-order chi connectivity index (χ0) is 17.0. The highest BCUT2D eigenvalue weighted by Crippen LogP contribution is 2.12. The fraction of sp³-hybridized carbons (Fsp3) is 0.944. The Hall–Kier alpha value is 0.0700. The number of ether oxygens (including phenoxy) is 2. The van der Waals surface area contributed by atoms with Crippen molar-refractivity contribution in [2.24, 2.45) is 0 Å². The van der Waals surface area contributed by atoms with Crippen LogP contribution in [-0.2, 0) is 14.3 Å². The maximum absolute atomic E-state index is 11.4. The number of rotatable bonds is 18. The van der Waals surface area contributed by atoms with Gasteiger partial charge >= 0.3 is 5.97 Å². The van der Waals surface area contributed by atoms with Crippen molar-refractivity contribution in [3.63, 3.8) is 0 Å². The number of alkyl halides is 1. The molecule has 0 rings (SSSR count). The van der Waals surface area contributed by atoms with E-state index >= 15 is 0 Å². The van der Waals surface area contributed by atoms with Crippen molar-refractivity contribution in [3.05, 3.63) is 0 Å². The lowest BCUT2D eigenvalue weighted by Gasteiger charge is -2.05. The van der Waals surface area contributed by atoms with E-state index in [9.17, 15) is 4.79 Å². The Morgan fingerprint density at radius 3 is 2.09 bits per heavy atom. The summed E-state index contributed by atoms with van der Waals surface area (Å²) in [7, 11) is 0. The minimum atomic E-state index is -0.142. The third kappa shape index (κ3) is 20.0. The molecule has 0 amide bonds. The quantitative estimate of drug-likeness (QED) is 0.184. The molecule has 3 nitrogen and oxygen atoms in total. The molecule has 0 unspecified atom stereocenters. The first-order chi connectivity index (χ1) is 11.3. The van der Waals surface area contributed by atoms with Crippen LogP contribution in [0.5, 0.6) is 0 Å². The van der Waals surface area contributed by atoms with Crippen LogP contribution in [-0.4, -0.2) is 43.2 Å². The molecular formula is C18H35ClO3S. The SMILES string of the molecule is CCCCCCCCCCCCSCC(=O)OCCOCCCl. The molecule has 0 saturated carbocycles. The van der Waals surface area contributed by atoms with Crippen LogP contribution in [0.3, 0.4) is 0 Å². The maximum atomic E-state index is 11.4. The second-order valence-corrected chi connectivity index (χ2v) is 7.24. The molecule has 0 bridgehead atoms. The number of unbranched alkanes of at least 4 members (excludes halogenated alkanes) is 9. The van der Waals surface area contributed by atoms with E-state index in [2.05, 4.69) is 6.92 Å². The van der Waals surface area contributed by atoms with E-state index in [1.807, 2.05) is 0 Å². The molecule has 0 aromatic carbocycles. The molecule has 0 saturated heterocycles. The van der Waals surface area contributed by atoms with Crippen molar-refractivity contribution in [2.75, 3.05) is 37.2 Å². The zero-order valence-corrected chi connectivity index (χ0v) is 16.4. The van der Waals surface area contributed by atoms with Gasteiger partial charge in [0.05, 0.1) is 19.0 Å². The molecule has 0 aliphatic heterocycles. The van der Waals surface area contributed by atoms with E-state index in [1.165, 1.54) is 64.2 Å². The summed E-state index contributed by atoms with van der Waals surface area (Å²) in [5.74, 6) is 1.83. The van der Waals surface area contributed by atoms with Crippen molar-refractivity contribution < 1.29 is 14.3 Å². The van der Waals surface area contributed by atoms with E-state index in [4.69, 9.17) is 21.1 Å². The topological polar surface area (TPSA) is 35.5 Å². The average molecular weight is 367 g/mol. The normalized spacial score (nSPS) is 10.9. The largest absolute Gasteiger partial charge is 0.463 e. The highest BCUT2D eigenvalue weighted by molar-refractivity contribution is 7.99. The van der Waals surface area contributed by atoms with Gasteiger partial charge in [-0.25, -0.2) is 0 Å². The van der Waals surface area contributed by atoms with Crippen LogP contribution in [0, 0.1) is 0 Å². The number of esters is 1. The minimum Gasteiger partial charge on any atom is -0.463 e. The molecule has 0 fully saturated rings. The highest BCUT2D eigenvalue weighted by Gasteiger charge is 2.02. The van der Waals surface area contributed by atoms with Crippen molar-refractivity contribution in [1.29, 1.82) is 0 Å². The van der Waals surface area contributed by atoms with Crippen molar-refractivity contribution in [1.82, 2.24) is 0 Å². The van der Waals surface area contributed by atoms with Gasteiger partial charge in [0.2, 0.25) is 0 Å². The molecule has 5 heteroatoms. The van der Waals surface area contributed by atoms with Crippen LogP contribution >= 0.6 is 23.4 Å². The van der Waals surface area contributed by atoms with Crippen LogP contribution in [0.4, 0.5) is 0 Å². The molecule has 0 aromatic rings. The van der Waals surface area contributed by atoms with Crippen LogP contribution in [0.15, 0.2) is 0 Å². The zero-order valence-electron chi connectivity index (χ0n) is 14.8. The summed E-state index contributed by atoms with van der Waals surface area (Å²) in [5, 5.41) is 0. The van der Waals surface area contributed by atoms with Gasteiger partial charge in [-0.15, -0.1) is 11.6 Å². The lowest BCUT2D eigenvalue weighted by atomic mass is 10.1. The molecule has 0 aliphatic rings. The van der Waals surface area contributed by atoms with E-state index in [0.717, 1.165) is 5.75 Å². The lowest BCUT2D eigenvalue weighted by Crippen LogP contribution is -2.13. The summed E-state index contributed by atoms with van der Waals surface area (Å²) in [5.41, 5.74) is 0. The number of carbonyl (C=O) groups is 1. The Morgan fingerprint density at radius 1 is 0.870 bits per heavy atom. The van der Waals surface area contributed by atoms with Crippen molar-refractivity contribution in [3.8, 4) is 0 Å². The lowest BCUT2D eigenvalue weighted by molar-refractivity contribution is -0.141. The molecule has 0 aromatic heterocycles. The number of carbonyl (C=O) groups excluding carboxylic acids is 1. The van der Waals surface area contributed by atoms with Gasteiger partial charge in [0.25, 0.3) is 0 Å². The van der Waals surface area contributed by atoms with Crippen molar-refractivity contribution in [2.45, 2.75) is 71.1 Å². The highest BCUT2D eigenvalue weighted by atomic mass is 35.5. The summed E-state index contributed by atoms with van der Waals surface area (Å²) in [6.45, 7) is 3.53. The molecule has 0 radical (unpaired) electrons.